The van der Waals surface area contributed by atoms with Crippen molar-refractivity contribution in [2.45, 2.75) is 38.6 Å². The van der Waals surface area contributed by atoms with E-state index >= 15 is 0 Å². The van der Waals surface area contributed by atoms with Crippen LogP contribution in [0.15, 0.2) is 0 Å². The van der Waals surface area contributed by atoms with E-state index in [0.717, 1.165) is 0 Å². The Labute approximate surface area is 87.8 Å². The van der Waals surface area contributed by atoms with E-state index in [1.807, 2.05) is 0 Å². The van der Waals surface area contributed by atoms with Gasteiger partial charge in [0, 0.05) is 12.8 Å². The number of rotatable bonds is 7. The quantitative estimate of drug-likeness (QED) is 0.620. The minimum Gasteiger partial charge on any atom is -0.480 e. The molecule has 1 atom stereocenters. The topological polar surface area (TPSA) is 107 Å². The molecule has 0 saturated carbocycles. The van der Waals surface area contributed by atoms with Crippen molar-refractivity contribution < 1.29 is 19.5 Å². The van der Waals surface area contributed by atoms with E-state index in [9.17, 15) is 14.4 Å². The lowest BCUT2D eigenvalue weighted by Gasteiger charge is -2.12. The molecule has 0 saturated heterocycles. The van der Waals surface area contributed by atoms with Gasteiger partial charge >= 0.3 is 5.97 Å². The van der Waals surface area contributed by atoms with Crippen LogP contribution in [0.2, 0.25) is 0 Å². The summed E-state index contributed by atoms with van der Waals surface area (Å²) in [6.45, 7) is 1.63. The SMILES string of the molecule is CCC(=O)NC(CCCC([NH])=O)C(=O)O. The van der Waals surface area contributed by atoms with Crippen LogP contribution in [0.1, 0.15) is 32.6 Å². The first-order valence-corrected chi connectivity index (χ1v) is 4.74. The lowest BCUT2D eigenvalue weighted by Crippen LogP contribution is -2.40. The summed E-state index contributed by atoms with van der Waals surface area (Å²) in [6.07, 6.45) is 0.710. The molecule has 6 nitrogen and oxygen atoms in total. The molecule has 1 unspecified atom stereocenters. The van der Waals surface area contributed by atoms with Crippen LogP contribution in [0, 0.1) is 0 Å². The third-order valence-corrected chi connectivity index (χ3v) is 1.85. The predicted molar refractivity (Wildman–Crippen MR) is 51.8 cm³/mol. The summed E-state index contributed by atoms with van der Waals surface area (Å²) in [5.74, 6) is -2.17. The van der Waals surface area contributed by atoms with E-state index in [1.54, 1.807) is 6.92 Å². The summed E-state index contributed by atoms with van der Waals surface area (Å²) in [5.41, 5.74) is 6.63. The Hall–Kier alpha value is -1.59. The summed E-state index contributed by atoms with van der Waals surface area (Å²) in [4.78, 5) is 31.9. The predicted octanol–water partition coefficient (Wildman–Crippen LogP) is -0.0544. The van der Waals surface area contributed by atoms with Crippen LogP contribution in [0.4, 0.5) is 0 Å². The number of carbonyl (C=O) groups is 3. The number of amides is 2. The fourth-order valence-corrected chi connectivity index (χ4v) is 1.02. The van der Waals surface area contributed by atoms with Gasteiger partial charge in [0.2, 0.25) is 11.8 Å². The molecule has 0 aliphatic rings. The number of hydrogen-bond donors (Lipinski definition) is 2. The van der Waals surface area contributed by atoms with Crippen LogP contribution < -0.4 is 11.1 Å². The fourth-order valence-electron chi connectivity index (χ4n) is 1.02. The molecule has 0 spiro atoms. The monoisotopic (exact) mass is 215 g/mol. The highest BCUT2D eigenvalue weighted by Crippen LogP contribution is 2.01. The second-order valence-electron chi connectivity index (χ2n) is 3.13. The molecule has 0 fully saturated rings. The summed E-state index contributed by atoms with van der Waals surface area (Å²) >= 11 is 0. The van der Waals surface area contributed by atoms with Crippen molar-refractivity contribution in [1.82, 2.24) is 11.1 Å². The standard InChI is InChI=1S/C9H15N2O4/c1-2-8(13)11-6(9(14)15)4-3-5-7(10)12/h6,10H,2-5H2,1H3,(H,11,13)(H,14,15). The number of carboxylic acid groups (broad SMARTS) is 1. The molecule has 6 heteroatoms. The molecule has 0 bridgehead atoms. The zero-order chi connectivity index (χ0) is 11.8. The Morgan fingerprint density at radius 3 is 2.40 bits per heavy atom. The van der Waals surface area contributed by atoms with Crippen LogP contribution in [0.25, 0.3) is 0 Å². The zero-order valence-electron chi connectivity index (χ0n) is 8.58. The molecule has 2 amide bonds. The number of carboxylic acids is 1. The summed E-state index contributed by atoms with van der Waals surface area (Å²) in [5, 5.41) is 11.1. The summed E-state index contributed by atoms with van der Waals surface area (Å²) in [7, 11) is 0. The molecule has 1 radical (unpaired) electrons. The van der Waals surface area contributed by atoms with Crippen molar-refractivity contribution in [2.24, 2.45) is 0 Å². The van der Waals surface area contributed by atoms with Gasteiger partial charge in [-0.1, -0.05) is 6.92 Å². The maximum atomic E-state index is 10.9. The van der Waals surface area contributed by atoms with Crippen molar-refractivity contribution in [3.63, 3.8) is 0 Å². The molecule has 15 heavy (non-hydrogen) atoms. The maximum absolute atomic E-state index is 10.9. The largest absolute Gasteiger partial charge is 0.480 e. The van der Waals surface area contributed by atoms with Gasteiger partial charge in [-0.25, -0.2) is 4.79 Å². The van der Waals surface area contributed by atoms with Gasteiger partial charge in [0.15, 0.2) is 0 Å². The zero-order valence-corrected chi connectivity index (χ0v) is 8.58. The van der Waals surface area contributed by atoms with Crippen molar-refractivity contribution in [1.29, 1.82) is 0 Å². The average molecular weight is 215 g/mol. The highest BCUT2D eigenvalue weighted by atomic mass is 16.4. The van der Waals surface area contributed by atoms with Gasteiger partial charge in [0.1, 0.15) is 6.04 Å². The summed E-state index contributed by atoms with van der Waals surface area (Å²) < 4.78 is 0. The molecular weight excluding hydrogens is 200 g/mol. The molecular formula is C9H15N2O4. The van der Waals surface area contributed by atoms with Crippen LogP contribution in [-0.2, 0) is 14.4 Å². The Balaban J connectivity index is 4.00. The van der Waals surface area contributed by atoms with Crippen molar-refractivity contribution in [3.8, 4) is 0 Å². The Kier molecular flexibility index (Phi) is 6.08. The van der Waals surface area contributed by atoms with Crippen molar-refractivity contribution >= 4 is 17.8 Å². The lowest BCUT2D eigenvalue weighted by molar-refractivity contribution is -0.142. The molecule has 0 aliphatic carbocycles. The Bertz CT molecular complexity index is 252. The smallest absolute Gasteiger partial charge is 0.326 e. The van der Waals surface area contributed by atoms with Crippen molar-refractivity contribution in [2.75, 3.05) is 0 Å². The van der Waals surface area contributed by atoms with E-state index in [0.29, 0.717) is 6.42 Å². The minimum atomic E-state index is -1.12. The van der Waals surface area contributed by atoms with Gasteiger partial charge in [-0.15, -0.1) is 0 Å². The van der Waals surface area contributed by atoms with Crippen LogP contribution in [0.3, 0.4) is 0 Å². The molecule has 3 N–H and O–H groups in total. The molecule has 85 valence electrons. The molecule has 0 aliphatic heterocycles. The third kappa shape index (κ3) is 6.48. The fraction of sp³-hybridized carbons (Fsp3) is 0.667. The normalized spacial score (nSPS) is 11.8. The Morgan fingerprint density at radius 2 is 2.00 bits per heavy atom. The third-order valence-electron chi connectivity index (χ3n) is 1.85. The second-order valence-corrected chi connectivity index (χ2v) is 3.13. The van der Waals surface area contributed by atoms with Gasteiger partial charge in [-0.2, -0.15) is 0 Å². The van der Waals surface area contributed by atoms with Gasteiger partial charge in [-0.05, 0) is 12.8 Å². The van der Waals surface area contributed by atoms with Crippen molar-refractivity contribution in [3.05, 3.63) is 0 Å². The number of aliphatic carboxylic acids is 1. The second kappa shape index (κ2) is 6.80. The molecule has 0 aromatic rings. The number of carbonyl (C=O) groups excluding carboxylic acids is 2. The van der Waals surface area contributed by atoms with Gasteiger partial charge < -0.3 is 10.4 Å². The van der Waals surface area contributed by atoms with E-state index < -0.39 is 17.9 Å². The first-order chi connectivity index (χ1) is 6.97. The van der Waals surface area contributed by atoms with E-state index in [4.69, 9.17) is 10.8 Å². The van der Waals surface area contributed by atoms with E-state index in [-0.39, 0.29) is 25.2 Å². The first kappa shape index (κ1) is 13.4. The maximum Gasteiger partial charge on any atom is 0.326 e. The molecule has 0 heterocycles. The minimum absolute atomic E-state index is 0.0196. The van der Waals surface area contributed by atoms with Crippen LogP contribution >= 0.6 is 0 Å². The van der Waals surface area contributed by atoms with Crippen LogP contribution in [0.5, 0.6) is 0 Å². The van der Waals surface area contributed by atoms with Crippen LogP contribution in [-0.4, -0.2) is 28.9 Å². The highest BCUT2D eigenvalue weighted by Gasteiger charge is 2.18. The number of hydrogen-bond acceptors (Lipinski definition) is 3. The average Bonchev–Trinajstić information content (AvgIpc) is 2.15. The highest BCUT2D eigenvalue weighted by molar-refractivity contribution is 5.83. The lowest BCUT2D eigenvalue weighted by atomic mass is 10.1. The van der Waals surface area contributed by atoms with Gasteiger partial charge in [0.25, 0.3) is 0 Å². The van der Waals surface area contributed by atoms with Gasteiger partial charge in [0.05, 0.1) is 0 Å². The molecule has 0 rings (SSSR count). The van der Waals surface area contributed by atoms with E-state index in [2.05, 4.69) is 5.32 Å². The van der Waals surface area contributed by atoms with E-state index in [1.165, 1.54) is 0 Å². The summed E-state index contributed by atoms with van der Waals surface area (Å²) in [6, 6.07) is -0.961. The van der Waals surface area contributed by atoms with Gasteiger partial charge in [-0.3, -0.25) is 15.3 Å². The molecule has 0 aromatic heterocycles. The first-order valence-electron chi connectivity index (χ1n) is 4.74. The Morgan fingerprint density at radius 1 is 1.40 bits per heavy atom. The molecule has 0 aromatic carbocycles. The number of nitrogens with one attached hydrogen (secondary N) is 2.